The lowest BCUT2D eigenvalue weighted by Crippen LogP contribution is -2.53. The Balaban J connectivity index is 2.10. The fraction of sp³-hybridized carbons (Fsp3) is 0.500. The molecule has 1 heterocycles. The molecular formula is C12H18N2O2. The maximum Gasteiger partial charge on any atom is 0.144 e. The third-order valence-electron chi connectivity index (χ3n) is 2.92. The quantitative estimate of drug-likeness (QED) is 0.770. The Morgan fingerprint density at radius 3 is 2.50 bits per heavy atom. The summed E-state index contributed by atoms with van der Waals surface area (Å²) in [5, 5.41) is 1.92. The van der Waals surface area contributed by atoms with Crippen LogP contribution in [0.2, 0.25) is 0 Å². The molecule has 1 saturated heterocycles. The second-order valence-corrected chi connectivity index (χ2v) is 3.79. The smallest absolute Gasteiger partial charge is 0.144 e. The van der Waals surface area contributed by atoms with E-state index in [-0.39, 0.29) is 6.23 Å². The Bertz CT molecular complexity index is 318. The average Bonchev–Trinajstić information content (AvgIpc) is 2.39. The molecule has 1 unspecified atom stereocenters. The number of nitrogens with zero attached hydrogens (tertiary/aromatic N) is 2. The summed E-state index contributed by atoms with van der Waals surface area (Å²) in [5.74, 6) is 0. The van der Waals surface area contributed by atoms with Gasteiger partial charge in [-0.15, -0.1) is 0 Å². The van der Waals surface area contributed by atoms with Crippen molar-refractivity contribution in [1.82, 2.24) is 5.06 Å². The van der Waals surface area contributed by atoms with Crippen LogP contribution in [0.25, 0.3) is 0 Å². The molecule has 1 aromatic carbocycles. The second-order valence-electron chi connectivity index (χ2n) is 3.79. The minimum absolute atomic E-state index is 0.0519. The summed E-state index contributed by atoms with van der Waals surface area (Å²) in [6.45, 7) is 2.57. The molecule has 0 aliphatic carbocycles. The van der Waals surface area contributed by atoms with Gasteiger partial charge >= 0.3 is 0 Å². The van der Waals surface area contributed by atoms with Crippen LogP contribution < -0.4 is 4.90 Å². The number of methoxy groups -OCH3 is 1. The minimum Gasteiger partial charge on any atom is -0.360 e. The Morgan fingerprint density at radius 2 is 1.88 bits per heavy atom. The van der Waals surface area contributed by atoms with Gasteiger partial charge in [-0.05, 0) is 12.1 Å². The normalized spacial score (nSPS) is 22.4. The predicted molar refractivity (Wildman–Crippen MR) is 63.2 cm³/mol. The second kappa shape index (κ2) is 5.30. The van der Waals surface area contributed by atoms with Gasteiger partial charge in [-0.2, -0.15) is 5.06 Å². The van der Waals surface area contributed by atoms with Crippen LogP contribution in [0.5, 0.6) is 0 Å². The maximum absolute atomic E-state index is 5.49. The van der Waals surface area contributed by atoms with Crippen molar-refractivity contribution in [2.24, 2.45) is 0 Å². The van der Waals surface area contributed by atoms with Crippen LogP contribution in [0.3, 0.4) is 0 Å². The molecule has 1 atom stereocenters. The molecule has 1 fully saturated rings. The van der Waals surface area contributed by atoms with Crippen molar-refractivity contribution in [3.05, 3.63) is 30.3 Å². The van der Waals surface area contributed by atoms with Gasteiger partial charge in [0.15, 0.2) is 0 Å². The summed E-state index contributed by atoms with van der Waals surface area (Å²) in [6.07, 6.45) is 0.0519. The van der Waals surface area contributed by atoms with Crippen molar-refractivity contribution in [2.75, 3.05) is 38.8 Å². The van der Waals surface area contributed by atoms with Crippen LogP contribution in [0.15, 0.2) is 30.3 Å². The first-order valence-corrected chi connectivity index (χ1v) is 5.48. The molecule has 4 nitrogen and oxygen atoms in total. The maximum atomic E-state index is 5.49. The molecule has 1 aromatic rings. The molecule has 0 saturated carbocycles. The van der Waals surface area contributed by atoms with Crippen molar-refractivity contribution < 1.29 is 9.57 Å². The van der Waals surface area contributed by atoms with Gasteiger partial charge in [0.05, 0.1) is 13.7 Å². The van der Waals surface area contributed by atoms with E-state index in [4.69, 9.17) is 9.57 Å². The van der Waals surface area contributed by atoms with E-state index in [0.717, 1.165) is 19.6 Å². The van der Waals surface area contributed by atoms with Crippen molar-refractivity contribution in [3.63, 3.8) is 0 Å². The van der Waals surface area contributed by atoms with Crippen LogP contribution in [0.1, 0.15) is 0 Å². The molecule has 1 aliphatic rings. The van der Waals surface area contributed by atoms with Crippen molar-refractivity contribution in [3.8, 4) is 0 Å². The Hall–Kier alpha value is -1.10. The highest BCUT2D eigenvalue weighted by Crippen LogP contribution is 2.20. The van der Waals surface area contributed by atoms with Gasteiger partial charge in [-0.1, -0.05) is 18.2 Å². The summed E-state index contributed by atoms with van der Waals surface area (Å²) < 4.78 is 5.49. The number of rotatable bonds is 3. The lowest BCUT2D eigenvalue weighted by atomic mass is 10.2. The average molecular weight is 222 g/mol. The Morgan fingerprint density at radius 1 is 1.12 bits per heavy atom. The standard InChI is InChI=1S/C12H18N2O2/c1-15-12-10-13(16-2)8-9-14(12)11-6-4-3-5-7-11/h3-7,12H,8-10H2,1-2H3. The molecule has 0 amide bonds. The fourth-order valence-corrected chi connectivity index (χ4v) is 2.01. The third kappa shape index (κ3) is 2.35. The fourth-order valence-electron chi connectivity index (χ4n) is 2.01. The SMILES string of the molecule is COC1CN(OC)CCN1c1ccccc1. The topological polar surface area (TPSA) is 24.9 Å². The molecule has 0 radical (unpaired) electrons. The molecule has 0 bridgehead atoms. The number of hydroxylamine groups is 2. The van der Waals surface area contributed by atoms with Crippen LogP contribution in [-0.4, -0.2) is 45.1 Å². The largest absolute Gasteiger partial charge is 0.360 e. The first-order valence-electron chi connectivity index (χ1n) is 5.48. The highest BCUT2D eigenvalue weighted by molar-refractivity contribution is 5.47. The number of anilines is 1. The van der Waals surface area contributed by atoms with E-state index in [0.29, 0.717) is 0 Å². The zero-order valence-electron chi connectivity index (χ0n) is 9.80. The Labute approximate surface area is 96.3 Å². The van der Waals surface area contributed by atoms with E-state index in [1.165, 1.54) is 5.69 Å². The summed E-state index contributed by atoms with van der Waals surface area (Å²) in [5.41, 5.74) is 1.20. The molecule has 16 heavy (non-hydrogen) atoms. The first-order chi connectivity index (χ1) is 7.85. The van der Waals surface area contributed by atoms with Crippen molar-refractivity contribution >= 4 is 5.69 Å². The zero-order chi connectivity index (χ0) is 11.4. The summed E-state index contributed by atoms with van der Waals surface area (Å²) in [6, 6.07) is 10.3. The van der Waals surface area contributed by atoms with Gasteiger partial charge in [0, 0.05) is 25.9 Å². The number of hydrogen-bond donors (Lipinski definition) is 0. The van der Waals surface area contributed by atoms with E-state index >= 15 is 0 Å². The van der Waals surface area contributed by atoms with Crippen LogP contribution >= 0.6 is 0 Å². The van der Waals surface area contributed by atoms with Gasteiger partial charge in [0.25, 0.3) is 0 Å². The van der Waals surface area contributed by atoms with Crippen LogP contribution in [0, 0.1) is 0 Å². The van der Waals surface area contributed by atoms with E-state index in [1.54, 1.807) is 14.2 Å². The lowest BCUT2D eigenvalue weighted by molar-refractivity contribution is -0.162. The molecule has 0 spiro atoms. The summed E-state index contributed by atoms with van der Waals surface area (Å²) in [7, 11) is 3.44. The zero-order valence-corrected chi connectivity index (χ0v) is 9.80. The number of para-hydroxylation sites is 1. The number of piperazine rings is 1. The van der Waals surface area contributed by atoms with Crippen molar-refractivity contribution in [1.29, 1.82) is 0 Å². The van der Waals surface area contributed by atoms with E-state index in [9.17, 15) is 0 Å². The number of hydrogen-bond acceptors (Lipinski definition) is 4. The van der Waals surface area contributed by atoms with Gasteiger partial charge in [-0.25, -0.2) is 0 Å². The highest BCUT2D eigenvalue weighted by atomic mass is 16.7. The molecule has 88 valence electrons. The minimum atomic E-state index is 0.0519. The third-order valence-corrected chi connectivity index (χ3v) is 2.92. The van der Waals surface area contributed by atoms with Gasteiger partial charge in [-0.3, -0.25) is 0 Å². The molecule has 4 heteroatoms. The molecule has 0 aromatic heterocycles. The lowest BCUT2D eigenvalue weighted by Gasteiger charge is -2.40. The van der Waals surface area contributed by atoms with Gasteiger partial charge in [0.1, 0.15) is 6.23 Å². The van der Waals surface area contributed by atoms with E-state index < -0.39 is 0 Å². The van der Waals surface area contributed by atoms with Gasteiger partial charge in [0.2, 0.25) is 0 Å². The predicted octanol–water partition coefficient (Wildman–Crippen LogP) is 1.34. The molecular weight excluding hydrogens is 204 g/mol. The molecule has 2 rings (SSSR count). The first kappa shape index (κ1) is 11.4. The highest BCUT2D eigenvalue weighted by Gasteiger charge is 2.26. The summed E-state index contributed by atoms with van der Waals surface area (Å²) >= 11 is 0. The Kier molecular flexibility index (Phi) is 3.77. The molecule has 0 N–H and O–H groups in total. The van der Waals surface area contributed by atoms with Crippen LogP contribution in [-0.2, 0) is 9.57 Å². The number of ether oxygens (including phenoxy) is 1. The van der Waals surface area contributed by atoms with Gasteiger partial charge < -0.3 is 14.5 Å². The van der Waals surface area contributed by atoms with Crippen molar-refractivity contribution in [2.45, 2.75) is 6.23 Å². The summed E-state index contributed by atoms with van der Waals surface area (Å²) in [4.78, 5) is 7.49. The monoisotopic (exact) mass is 222 g/mol. The van der Waals surface area contributed by atoms with Crippen LogP contribution in [0.4, 0.5) is 5.69 Å². The molecule has 1 aliphatic heterocycles. The number of benzene rings is 1. The van der Waals surface area contributed by atoms with E-state index in [2.05, 4.69) is 17.0 Å². The van der Waals surface area contributed by atoms with E-state index in [1.807, 2.05) is 23.3 Å².